The van der Waals surface area contributed by atoms with Gasteiger partial charge in [-0.25, -0.2) is 18.0 Å². The summed E-state index contributed by atoms with van der Waals surface area (Å²) in [5.41, 5.74) is -2.55. The van der Waals surface area contributed by atoms with Crippen molar-refractivity contribution in [2.75, 3.05) is 0 Å². The first-order chi connectivity index (χ1) is 8.93. The first-order valence-electron chi connectivity index (χ1n) is 4.98. The van der Waals surface area contributed by atoms with Gasteiger partial charge in [0, 0.05) is 0 Å². The summed E-state index contributed by atoms with van der Waals surface area (Å²) in [6.07, 6.45) is 0. The number of halogens is 4. The number of rotatable bonds is 0. The SMILES string of the molecule is Cc1noc2c1c(=O)oc1c(F)c(F)c(F)c(F)c12. The third-order valence-electron chi connectivity index (χ3n) is 2.71. The molecule has 3 rings (SSSR count). The van der Waals surface area contributed by atoms with Crippen molar-refractivity contribution in [3.63, 3.8) is 0 Å². The van der Waals surface area contributed by atoms with Crippen molar-refractivity contribution < 1.29 is 26.5 Å². The summed E-state index contributed by atoms with van der Waals surface area (Å²) in [6.45, 7) is 1.36. The molecule has 19 heavy (non-hydrogen) atoms. The average Bonchev–Trinajstić information content (AvgIpc) is 2.76. The molecule has 0 aliphatic carbocycles. The molecule has 0 radical (unpaired) electrons. The summed E-state index contributed by atoms with van der Waals surface area (Å²) in [7, 11) is 0. The molecule has 0 saturated heterocycles. The van der Waals surface area contributed by atoms with E-state index in [0.717, 1.165) is 0 Å². The molecule has 0 fully saturated rings. The summed E-state index contributed by atoms with van der Waals surface area (Å²) < 4.78 is 62.6. The van der Waals surface area contributed by atoms with Crippen LogP contribution in [0.5, 0.6) is 0 Å². The number of nitrogens with zero attached hydrogens (tertiary/aromatic N) is 1. The Balaban J connectivity index is 2.75. The summed E-state index contributed by atoms with van der Waals surface area (Å²) in [6, 6.07) is 0. The Labute approximate surface area is 101 Å². The van der Waals surface area contributed by atoms with Crippen LogP contribution in [0, 0.1) is 30.2 Å². The van der Waals surface area contributed by atoms with E-state index in [1.54, 1.807) is 0 Å². The Morgan fingerprint density at radius 3 is 2.21 bits per heavy atom. The molecule has 0 bridgehead atoms. The molecule has 0 spiro atoms. The molecule has 0 aliphatic rings. The van der Waals surface area contributed by atoms with E-state index in [4.69, 9.17) is 0 Å². The van der Waals surface area contributed by atoms with Crippen LogP contribution in [0.2, 0.25) is 0 Å². The second-order valence-electron chi connectivity index (χ2n) is 3.82. The number of hydrogen-bond donors (Lipinski definition) is 0. The van der Waals surface area contributed by atoms with Gasteiger partial charge in [-0.05, 0) is 6.92 Å². The summed E-state index contributed by atoms with van der Waals surface area (Å²) in [4.78, 5) is 11.6. The maximum atomic E-state index is 13.7. The van der Waals surface area contributed by atoms with Crippen LogP contribution < -0.4 is 5.63 Å². The molecular weight excluding hydrogens is 270 g/mol. The Kier molecular flexibility index (Phi) is 2.19. The van der Waals surface area contributed by atoms with Crippen LogP contribution in [0.25, 0.3) is 21.9 Å². The first kappa shape index (κ1) is 11.7. The van der Waals surface area contributed by atoms with Gasteiger partial charge in [0.05, 0.1) is 5.69 Å². The van der Waals surface area contributed by atoms with Gasteiger partial charge in [-0.2, -0.15) is 4.39 Å². The van der Waals surface area contributed by atoms with E-state index >= 15 is 0 Å². The highest BCUT2D eigenvalue weighted by molar-refractivity contribution is 6.01. The van der Waals surface area contributed by atoms with E-state index in [-0.39, 0.29) is 11.1 Å². The molecule has 2 heterocycles. The Morgan fingerprint density at radius 1 is 0.895 bits per heavy atom. The quantitative estimate of drug-likeness (QED) is 0.273. The van der Waals surface area contributed by atoms with Crippen molar-refractivity contribution in [3.8, 4) is 0 Å². The van der Waals surface area contributed by atoms with Crippen molar-refractivity contribution in [1.29, 1.82) is 0 Å². The number of aryl methyl sites for hydroxylation is 1. The van der Waals surface area contributed by atoms with E-state index < -0.39 is 45.4 Å². The third kappa shape index (κ3) is 1.33. The lowest BCUT2D eigenvalue weighted by atomic mass is 10.1. The van der Waals surface area contributed by atoms with Crippen LogP contribution in [0.3, 0.4) is 0 Å². The van der Waals surface area contributed by atoms with Gasteiger partial charge in [0.15, 0.2) is 22.8 Å². The van der Waals surface area contributed by atoms with Gasteiger partial charge in [-0.15, -0.1) is 0 Å². The first-order valence-corrected chi connectivity index (χ1v) is 4.98. The van der Waals surface area contributed by atoms with Crippen LogP contribution in [0.4, 0.5) is 17.6 Å². The lowest BCUT2D eigenvalue weighted by Crippen LogP contribution is -2.05. The van der Waals surface area contributed by atoms with E-state index in [0.29, 0.717) is 0 Å². The molecule has 8 heteroatoms. The number of aromatic nitrogens is 1. The summed E-state index contributed by atoms with van der Waals surface area (Å²) in [5.74, 6) is -7.60. The molecule has 0 N–H and O–H groups in total. The highest BCUT2D eigenvalue weighted by Crippen LogP contribution is 2.31. The van der Waals surface area contributed by atoms with Gasteiger partial charge >= 0.3 is 5.63 Å². The zero-order valence-electron chi connectivity index (χ0n) is 9.18. The molecule has 0 saturated carbocycles. The van der Waals surface area contributed by atoms with E-state index in [1.807, 2.05) is 0 Å². The van der Waals surface area contributed by atoms with E-state index in [9.17, 15) is 22.4 Å². The maximum Gasteiger partial charge on any atom is 0.349 e. The molecule has 98 valence electrons. The number of fused-ring (bicyclic) bond motifs is 3. The van der Waals surface area contributed by atoms with Crippen molar-refractivity contribution >= 4 is 21.9 Å². The summed E-state index contributed by atoms with van der Waals surface area (Å²) >= 11 is 0. The molecule has 4 nitrogen and oxygen atoms in total. The maximum absolute atomic E-state index is 13.7. The van der Waals surface area contributed by atoms with Crippen LogP contribution >= 0.6 is 0 Å². The predicted molar refractivity (Wildman–Crippen MR) is 54.6 cm³/mol. The smallest absolute Gasteiger partial charge is 0.349 e. The third-order valence-corrected chi connectivity index (χ3v) is 2.71. The van der Waals surface area contributed by atoms with Crippen LogP contribution in [-0.2, 0) is 0 Å². The highest BCUT2D eigenvalue weighted by Gasteiger charge is 2.27. The zero-order chi connectivity index (χ0) is 13.9. The molecule has 1 aromatic carbocycles. The van der Waals surface area contributed by atoms with Gasteiger partial charge in [-0.1, -0.05) is 5.16 Å². The normalized spacial score (nSPS) is 11.6. The van der Waals surface area contributed by atoms with E-state index in [2.05, 4.69) is 14.1 Å². The molecule has 0 amide bonds. The standard InChI is InChI=1S/C11H3F4NO3/c1-2-3-9(19-16-2)4-5(12)6(13)7(14)8(15)10(4)18-11(3)17/h1H3. The van der Waals surface area contributed by atoms with Crippen LogP contribution in [-0.4, -0.2) is 5.16 Å². The highest BCUT2D eigenvalue weighted by atomic mass is 19.2. The molecular formula is C11H3F4NO3. The van der Waals surface area contributed by atoms with E-state index in [1.165, 1.54) is 6.92 Å². The zero-order valence-corrected chi connectivity index (χ0v) is 9.18. The molecule has 0 atom stereocenters. The topological polar surface area (TPSA) is 56.2 Å². The second kappa shape index (κ2) is 3.56. The lowest BCUT2D eigenvalue weighted by Gasteiger charge is -2.02. The molecule has 0 aliphatic heterocycles. The minimum Gasteiger partial charge on any atom is -0.419 e. The van der Waals surface area contributed by atoms with Gasteiger partial charge in [0.25, 0.3) is 0 Å². The minimum absolute atomic E-state index is 0.0650. The molecule has 3 aromatic rings. The van der Waals surface area contributed by atoms with Crippen molar-refractivity contribution in [1.82, 2.24) is 5.16 Å². The van der Waals surface area contributed by atoms with Crippen LogP contribution in [0.1, 0.15) is 5.69 Å². The average molecular weight is 273 g/mol. The number of hydrogen-bond acceptors (Lipinski definition) is 4. The lowest BCUT2D eigenvalue weighted by molar-refractivity contribution is 0.404. The van der Waals surface area contributed by atoms with Crippen molar-refractivity contribution in [3.05, 3.63) is 39.4 Å². The minimum atomic E-state index is -2.07. The van der Waals surface area contributed by atoms with Gasteiger partial charge in [0.2, 0.25) is 11.6 Å². The van der Waals surface area contributed by atoms with Gasteiger partial charge < -0.3 is 8.94 Å². The van der Waals surface area contributed by atoms with Gasteiger partial charge in [0.1, 0.15) is 10.8 Å². The van der Waals surface area contributed by atoms with Crippen molar-refractivity contribution in [2.45, 2.75) is 6.92 Å². The monoisotopic (exact) mass is 273 g/mol. The largest absolute Gasteiger partial charge is 0.419 e. The van der Waals surface area contributed by atoms with Gasteiger partial charge in [-0.3, -0.25) is 0 Å². The summed E-state index contributed by atoms with van der Waals surface area (Å²) in [5, 5.41) is 2.34. The fraction of sp³-hybridized carbons (Fsp3) is 0.0909. The molecule has 2 aromatic heterocycles. The predicted octanol–water partition coefficient (Wildman–Crippen LogP) is 2.80. The van der Waals surface area contributed by atoms with Crippen LogP contribution in [0.15, 0.2) is 13.7 Å². The number of benzene rings is 1. The molecule has 0 unspecified atom stereocenters. The fourth-order valence-electron chi connectivity index (χ4n) is 1.83. The van der Waals surface area contributed by atoms with Crippen molar-refractivity contribution in [2.24, 2.45) is 0 Å². The Morgan fingerprint density at radius 2 is 1.53 bits per heavy atom. The second-order valence-corrected chi connectivity index (χ2v) is 3.82. The Hall–Kier alpha value is -2.38. The Bertz CT molecular complexity index is 897. The fourth-order valence-corrected chi connectivity index (χ4v) is 1.83.